The van der Waals surface area contributed by atoms with Crippen LogP contribution in [-0.4, -0.2) is 70.7 Å². The number of aliphatic hydroxyl groups is 1. The Bertz CT molecular complexity index is 1550. The van der Waals surface area contributed by atoms with Crippen molar-refractivity contribution in [2.45, 2.75) is 69.7 Å². The Hall–Kier alpha value is -4.21. The Labute approximate surface area is 270 Å². The van der Waals surface area contributed by atoms with E-state index >= 15 is 0 Å². The number of amides is 3. The smallest absolute Gasteiger partial charge is 0.250 e. The van der Waals surface area contributed by atoms with Gasteiger partial charge in [0.25, 0.3) is 0 Å². The van der Waals surface area contributed by atoms with Crippen LogP contribution in [0.1, 0.15) is 45.6 Å². The highest BCUT2D eigenvalue weighted by atomic mass is 16.5. The SMILES string of the molecule is CCN(CC)c1ccc(NC(=O)C2N([C@@H](CO)Cc3ccccc3)C(=O)[C@@H]3[C@@H](C(=O)Nc4ccccc4)[C@@]4(CC)CCC23O4)cc1. The highest BCUT2D eigenvalue weighted by Crippen LogP contribution is 2.64. The van der Waals surface area contributed by atoms with Crippen LogP contribution in [0.25, 0.3) is 0 Å². The average molecular weight is 625 g/mol. The molecule has 242 valence electrons. The summed E-state index contributed by atoms with van der Waals surface area (Å²) in [5.41, 5.74) is 1.15. The molecule has 9 nitrogen and oxygen atoms in total. The Balaban J connectivity index is 1.38. The quantitative estimate of drug-likeness (QED) is 0.265. The molecular weight excluding hydrogens is 580 g/mol. The number of fused-ring (bicyclic) bond motifs is 1. The van der Waals surface area contributed by atoms with Crippen molar-refractivity contribution in [3.05, 3.63) is 90.5 Å². The second-order valence-electron chi connectivity index (χ2n) is 12.7. The number of hydrogen-bond acceptors (Lipinski definition) is 6. The van der Waals surface area contributed by atoms with E-state index < -0.39 is 35.1 Å². The Morgan fingerprint density at radius 3 is 2.11 bits per heavy atom. The number of rotatable bonds is 12. The van der Waals surface area contributed by atoms with E-state index in [1.807, 2.05) is 91.9 Å². The summed E-state index contributed by atoms with van der Waals surface area (Å²) in [6.45, 7) is 7.56. The molecule has 0 aliphatic carbocycles. The molecule has 1 spiro atoms. The third-order valence-corrected chi connectivity index (χ3v) is 10.4. The zero-order chi connectivity index (χ0) is 32.5. The topological polar surface area (TPSA) is 111 Å². The zero-order valence-electron chi connectivity index (χ0n) is 26.8. The van der Waals surface area contributed by atoms with E-state index in [0.29, 0.717) is 37.1 Å². The van der Waals surface area contributed by atoms with Crippen LogP contribution in [0.5, 0.6) is 0 Å². The molecule has 3 fully saturated rings. The number of hydrogen-bond donors (Lipinski definition) is 3. The van der Waals surface area contributed by atoms with Gasteiger partial charge >= 0.3 is 0 Å². The summed E-state index contributed by atoms with van der Waals surface area (Å²) in [5.74, 6) is -2.65. The van der Waals surface area contributed by atoms with Crippen LogP contribution in [0.2, 0.25) is 0 Å². The van der Waals surface area contributed by atoms with Gasteiger partial charge in [-0.1, -0.05) is 55.5 Å². The molecule has 0 aromatic heterocycles. The van der Waals surface area contributed by atoms with Crippen LogP contribution in [-0.2, 0) is 25.5 Å². The molecular formula is C37H44N4O5. The molecule has 3 aliphatic heterocycles. The molecule has 3 amide bonds. The van der Waals surface area contributed by atoms with Crippen molar-refractivity contribution in [3.8, 4) is 0 Å². The maximum absolute atomic E-state index is 14.7. The van der Waals surface area contributed by atoms with Gasteiger partial charge in [0.1, 0.15) is 11.6 Å². The number of nitrogens with zero attached hydrogens (tertiary/aromatic N) is 2. The van der Waals surface area contributed by atoms with E-state index in [4.69, 9.17) is 4.74 Å². The molecule has 3 aliphatic rings. The van der Waals surface area contributed by atoms with Gasteiger partial charge in [0, 0.05) is 30.2 Å². The molecule has 3 aromatic carbocycles. The minimum absolute atomic E-state index is 0.287. The van der Waals surface area contributed by atoms with Gasteiger partial charge in [0.15, 0.2) is 0 Å². The monoisotopic (exact) mass is 624 g/mol. The fourth-order valence-electron chi connectivity index (χ4n) is 8.18. The zero-order valence-corrected chi connectivity index (χ0v) is 26.8. The lowest BCUT2D eigenvalue weighted by Gasteiger charge is -2.37. The fourth-order valence-corrected chi connectivity index (χ4v) is 8.18. The third kappa shape index (κ3) is 5.35. The number of anilines is 3. The van der Waals surface area contributed by atoms with Gasteiger partial charge in [-0.05, 0) is 81.5 Å². The predicted octanol–water partition coefficient (Wildman–Crippen LogP) is 4.87. The summed E-state index contributed by atoms with van der Waals surface area (Å²) in [5, 5.41) is 16.8. The summed E-state index contributed by atoms with van der Waals surface area (Å²) in [6.07, 6.45) is 1.90. The minimum atomic E-state index is -1.21. The van der Waals surface area contributed by atoms with Gasteiger partial charge in [-0.2, -0.15) is 0 Å². The normalized spacial score (nSPS) is 26.9. The maximum atomic E-state index is 14.7. The molecule has 3 heterocycles. The Morgan fingerprint density at radius 1 is 0.891 bits per heavy atom. The molecule has 9 heteroatoms. The van der Waals surface area contributed by atoms with Gasteiger partial charge in [-0.25, -0.2) is 0 Å². The van der Waals surface area contributed by atoms with Crippen molar-refractivity contribution >= 4 is 34.8 Å². The largest absolute Gasteiger partial charge is 0.394 e. The maximum Gasteiger partial charge on any atom is 0.250 e. The minimum Gasteiger partial charge on any atom is -0.394 e. The standard InChI is InChI=1S/C37H44N4O5/c1-4-36-21-22-37(46-36)31(30(36)33(43)38-26-15-11-8-12-16-26)35(45)41(29(24-42)23-25-13-9-7-10-14-25)32(37)34(44)39-27-17-19-28(20-18-27)40(5-2)6-3/h7-20,29-32,42H,4-6,21-24H2,1-3H3,(H,38,43)(H,39,44)/t29-,30+,31+,32?,36-,37?/m1/s1. The molecule has 3 aromatic rings. The molecule has 6 atom stereocenters. The Kier molecular flexibility index (Phi) is 8.90. The van der Waals surface area contributed by atoms with E-state index in [9.17, 15) is 19.5 Å². The number of benzene rings is 3. The van der Waals surface area contributed by atoms with Crippen molar-refractivity contribution in [1.82, 2.24) is 4.90 Å². The first kappa shape index (κ1) is 31.8. The van der Waals surface area contributed by atoms with E-state index in [-0.39, 0.29) is 24.3 Å². The van der Waals surface area contributed by atoms with Crippen molar-refractivity contribution in [2.24, 2.45) is 11.8 Å². The lowest BCUT2D eigenvalue weighted by Crippen LogP contribution is -2.57. The summed E-state index contributed by atoms with van der Waals surface area (Å²) >= 11 is 0. The van der Waals surface area contributed by atoms with Crippen LogP contribution in [0, 0.1) is 11.8 Å². The van der Waals surface area contributed by atoms with E-state index in [1.165, 1.54) is 4.90 Å². The molecule has 3 N–H and O–H groups in total. The summed E-state index contributed by atoms with van der Waals surface area (Å²) in [7, 11) is 0. The van der Waals surface area contributed by atoms with Crippen molar-refractivity contribution in [2.75, 3.05) is 35.2 Å². The first-order chi connectivity index (χ1) is 22.3. The number of carbonyl (C=O) groups is 3. The summed E-state index contributed by atoms with van der Waals surface area (Å²) in [4.78, 5) is 47.0. The summed E-state index contributed by atoms with van der Waals surface area (Å²) in [6, 6.07) is 24.8. The highest BCUT2D eigenvalue weighted by molar-refractivity contribution is 6.05. The van der Waals surface area contributed by atoms with Gasteiger partial charge < -0.3 is 30.3 Å². The second kappa shape index (κ2) is 12.9. The molecule has 2 bridgehead atoms. The van der Waals surface area contributed by atoms with Crippen LogP contribution >= 0.6 is 0 Å². The van der Waals surface area contributed by atoms with Gasteiger partial charge in [0.05, 0.1) is 30.1 Å². The van der Waals surface area contributed by atoms with Gasteiger partial charge in [-0.3, -0.25) is 14.4 Å². The van der Waals surface area contributed by atoms with Gasteiger partial charge in [-0.15, -0.1) is 0 Å². The number of likely N-dealkylation sites (tertiary alicyclic amines) is 1. The molecule has 0 saturated carbocycles. The summed E-state index contributed by atoms with van der Waals surface area (Å²) < 4.78 is 6.92. The number of aliphatic hydroxyl groups excluding tert-OH is 1. The van der Waals surface area contributed by atoms with Crippen molar-refractivity contribution in [3.63, 3.8) is 0 Å². The first-order valence-electron chi connectivity index (χ1n) is 16.5. The van der Waals surface area contributed by atoms with Crippen molar-refractivity contribution < 1.29 is 24.2 Å². The Morgan fingerprint density at radius 2 is 1.50 bits per heavy atom. The number of para-hydroxylation sites is 1. The third-order valence-electron chi connectivity index (χ3n) is 10.4. The van der Waals surface area contributed by atoms with Crippen LogP contribution in [0.15, 0.2) is 84.9 Å². The first-order valence-corrected chi connectivity index (χ1v) is 16.5. The highest BCUT2D eigenvalue weighted by Gasteiger charge is 2.79. The molecule has 46 heavy (non-hydrogen) atoms. The van der Waals surface area contributed by atoms with E-state index in [2.05, 4.69) is 29.4 Å². The average Bonchev–Trinajstić information content (AvgIpc) is 3.69. The molecule has 0 radical (unpaired) electrons. The van der Waals surface area contributed by atoms with Crippen LogP contribution in [0.3, 0.4) is 0 Å². The van der Waals surface area contributed by atoms with Crippen LogP contribution < -0.4 is 15.5 Å². The number of nitrogens with one attached hydrogen (secondary N) is 2. The number of carbonyl (C=O) groups excluding carboxylic acids is 3. The molecule has 3 saturated heterocycles. The van der Waals surface area contributed by atoms with E-state index in [1.54, 1.807) is 0 Å². The lowest BCUT2D eigenvalue weighted by molar-refractivity contribution is -0.148. The molecule has 6 rings (SSSR count). The van der Waals surface area contributed by atoms with E-state index in [0.717, 1.165) is 24.3 Å². The fraction of sp³-hybridized carbons (Fsp3) is 0.432. The lowest BCUT2D eigenvalue weighted by atomic mass is 9.65. The van der Waals surface area contributed by atoms with Crippen LogP contribution in [0.4, 0.5) is 17.1 Å². The van der Waals surface area contributed by atoms with Crippen molar-refractivity contribution in [1.29, 1.82) is 0 Å². The predicted molar refractivity (Wildman–Crippen MR) is 178 cm³/mol. The second-order valence-corrected chi connectivity index (χ2v) is 12.7. The number of ether oxygens (including phenoxy) is 1. The molecule has 2 unspecified atom stereocenters. The van der Waals surface area contributed by atoms with Gasteiger partial charge in [0.2, 0.25) is 17.7 Å².